The van der Waals surface area contributed by atoms with Crippen LogP contribution in [0.1, 0.15) is 116 Å². The highest BCUT2D eigenvalue weighted by atomic mass is 32.2. The number of benzene rings is 8. The van der Waals surface area contributed by atoms with Crippen LogP contribution in [0.5, 0.6) is 23.0 Å². The number of rotatable bonds is 14. The molecule has 8 aromatic rings. The maximum Gasteiger partial charge on any atom is 0.337 e. The summed E-state index contributed by atoms with van der Waals surface area (Å²) < 4.78 is 28.1. The van der Waals surface area contributed by atoms with E-state index in [1.165, 1.54) is 47.0 Å². The molecule has 0 atom stereocenters. The summed E-state index contributed by atoms with van der Waals surface area (Å²) in [6.45, 7) is 25.6. The van der Waals surface area contributed by atoms with Gasteiger partial charge in [-0.3, -0.25) is 20.4 Å². The number of anilines is 2. The molecule has 468 valence electrons. The van der Waals surface area contributed by atoms with E-state index in [1.54, 1.807) is 48.5 Å². The lowest BCUT2D eigenvalue weighted by atomic mass is 9.87. The molecular formula is C72H78N6O8S4. The zero-order chi connectivity index (χ0) is 64.4. The Morgan fingerprint density at radius 2 is 0.556 bits per heavy atom. The van der Waals surface area contributed by atoms with Gasteiger partial charge in [-0.15, -0.1) is 0 Å². The van der Waals surface area contributed by atoms with Crippen molar-refractivity contribution in [2.45, 2.75) is 157 Å². The Bertz CT molecular complexity index is 3520. The predicted octanol–water partition coefficient (Wildman–Crippen LogP) is 17.4. The first-order valence-electron chi connectivity index (χ1n) is 29.6. The van der Waals surface area contributed by atoms with Gasteiger partial charge in [0.1, 0.15) is 36.2 Å². The van der Waals surface area contributed by atoms with Crippen LogP contribution in [0.3, 0.4) is 0 Å². The molecule has 0 unspecified atom stereocenters. The maximum absolute atomic E-state index is 14.0. The quantitative estimate of drug-likeness (QED) is 0.0569. The second-order valence-electron chi connectivity index (χ2n) is 25.7. The first-order valence-corrected chi connectivity index (χ1v) is 32.9. The molecule has 0 saturated carbocycles. The van der Waals surface area contributed by atoms with Crippen molar-refractivity contribution in [3.8, 4) is 23.0 Å². The van der Waals surface area contributed by atoms with Crippen molar-refractivity contribution in [2.75, 3.05) is 23.8 Å². The number of nitrogens with one attached hydrogen (secondary N) is 6. The van der Waals surface area contributed by atoms with Crippen LogP contribution in [-0.2, 0) is 44.5 Å². The third-order valence-corrected chi connectivity index (χ3v) is 18.5. The summed E-state index contributed by atoms with van der Waals surface area (Å²) >= 11 is 5.91. The summed E-state index contributed by atoms with van der Waals surface area (Å²) in [4.78, 5) is 60.0. The van der Waals surface area contributed by atoms with Crippen LogP contribution in [0.2, 0.25) is 0 Å². The van der Waals surface area contributed by atoms with Gasteiger partial charge in [0.2, 0.25) is 0 Å². The molecule has 0 fully saturated rings. The number of amides is 6. The SMILES string of the molecule is CC(C)(C)c1cc2c(OCC(=O)NNC(=O)Nc3ccccc3)c(c1)Sc1cc(C(C)(C)C)cc(c1OCc1ccccc1)Sc1cc(C(C)(C)C)cc(c1OCC(=O)NNC(=O)Nc1ccccc1)Sc1cc(C(C)(C)C)cc(c1OCc1ccccc1)S2. The number of ether oxygens (including phenoxy) is 4. The van der Waals surface area contributed by atoms with Crippen molar-refractivity contribution >= 4 is 82.3 Å². The molecule has 1 aliphatic heterocycles. The molecular weight excluding hydrogens is 1210 g/mol. The van der Waals surface area contributed by atoms with E-state index in [2.05, 4.69) is 164 Å². The molecule has 0 aliphatic carbocycles. The molecule has 1 aliphatic rings. The largest absolute Gasteiger partial charge is 0.487 e. The molecule has 0 spiro atoms. The summed E-state index contributed by atoms with van der Waals surface area (Å²) in [5, 5.41) is 5.47. The van der Waals surface area contributed by atoms with Gasteiger partial charge in [-0.05, 0) is 128 Å². The van der Waals surface area contributed by atoms with Gasteiger partial charge in [-0.1, -0.05) is 227 Å². The van der Waals surface area contributed by atoms with Crippen LogP contribution < -0.4 is 51.3 Å². The zero-order valence-corrected chi connectivity index (χ0v) is 56.2. The minimum absolute atomic E-state index is 0.225. The first-order chi connectivity index (χ1) is 42.7. The van der Waals surface area contributed by atoms with Crippen molar-refractivity contribution in [3.63, 3.8) is 0 Å². The highest BCUT2D eigenvalue weighted by Crippen LogP contribution is 2.57. The van der Waals surface area contributed by atoms with Gasteiger partial charge >= 0.3 is 12.1 Å². The lowest BCUT2D eigenvalue weighted by Gasteiger charge is -2.28. The number of carbonyl (C=O) groups is 4. The highest BCUT2D eigenvalue weighted by Gasteiger charge is 2.31. The fourth-order valence-electron chi connectivity index (χ4n) is 9.12. The normalized spacial score (nSPS) is 12.4. The van der Waals surface area contributed by atoms with Crippen molar-refractivity contribution in [3.05, 3.63) is 203 Å². The monoisotopic (exact) mass is 1280 g/mol. The zero-order valence-electron chi connectivity index (χ0n) is 52.9. The van der Waals surface area contributed by atoms with Crippen LogP contribution in [0.4, 0.5) is 21.0 Å². The van der Waals surface area contributed by atoms with E-state index < -0.39 is 37.1 Å². The van der Waals surface area contributed by atoms with E-state index in [4.69, 9.17) is 18.9 Å². The standard InChI is InChI=1S/C72H78N6O8S4/c1-69(2,3)47-33-53-63(83-41-45-25-17-13-18-26-45)54(34-47)88-58-38-50(72(10,11)12)40-60(66(58)86-44-62(80)76-78-68(82)74-52-31-23-16-24-32-52)90-56-36-48(70(4,5)6)35-55(64(56)84-42-46-27-19-14-20-28-46)89-59-39-49(71(7,8)9)37-57(87-53)65(59)85-43-61(79)75-77-67(81)73-51-29-21-15-22-30-51/h13-40H,41-44H2,1-12H3,(H,75,79)(H,76,80)(H2,73,77,81)(H2,74,78,82). The molecule has 18 heteroatoms. The van der Waals surface area contributed by atoms with Gasteiger partial charge in [-0.2, -0.15) is 0 Å². The minimum atomic E-state index is -0.626. The Morgan fingerprint density at radius 1 is 0.322 bits per heavy atom. The number of fused-ring (bicyclic) bond motifs is 8. The van der Waals surface area contributed by atoms with E-state index >= 15 is 0 Å². The van der Waals surface area contributed by atoms with Crippen molar-refractivity contribution < 1.29 is 38.1 Å². The van der Waals surface area contributed by atoms with E-state index in [0.29, 0.717) is 54.0 Å². The number of hydrogen-bond acceptors (Lipinski definition) is 12. The second kappa shape index (κ2) is 28.8. The molecule has 8 aromatic carbocycles. The van der Waals surface area contributed by atoms with E-state index in [-0.39, 0.29) is 34.9 Å². The second-order valence-corrected chi connectivity index (χ2v) is 30.1. The van der Waals surface area contributed by atoms with Gasteiger partial charge in [-0.25, -0.2) is 20.4 Å². The molecule has 1 heterocycles. The van der Waals surface area contributed by atoms with Crippen LogP contribution >= 0.6 is 47.0 Å². The molecule has 0 saturated heterocycles. The van der Waals surface area contributed by atoms with Gasteiger partial charge in [0, 0.05) is 11.4 Å². The fourth-order valence-corrected chi connectivity index (χ4v) is 13.9. The lowest BCUT2D eigenvalue weighted by molar-refractivity contribution is -0.124. The Morgan fingerprint density at radius 3 is 0.800 bits per heavy atom. The third-order valence-electron chi connectivity index (χ3n) is 14.3. The topological polar surface area (TPSA) is 177 Å². The number of urea groups is 2. The van der Waals surface area contributed by atoms with Gasteiger partial charge in [0.25, 0.3) is 11.8 Å². The molecule has 6 amide bonds. The first kappa shape index (κ1) is 66.3. The summed E-state index contributed by atoms with van der Waals surface area (Å²) in [5.41, 5.74) is 15.6. The van der Waals surface area contributed by atoms with Crippen LogP contribution in [-0.4, -0.2) is 37.1 Å². The number of para-hydroxylation sites is 2. The third kappa shape index (κ3) is 18.0. The lowest BCUT2D eigenvalue weighted by Crippen LogP contribution is -2.45. The number of carbonyl (C=O) groups excluding carboxylic acids is 4. The van der Waals surface area contributed by atoms with Crippen LogP contribution in [0.25, 0.3) is 0 Å². The molecule has 0 radical (unpaired) electrons. The van der Waals surface area contributed by atoms with Crippen LogP contribution in [0.15, 0.2) is 209 Å². The molecule has 90 heavy (non-hydrogen) atoms. The Kier molecular flexibility index (Phi) is 21.2. The molecule has 14 nitrogen and oxygen atoms in total. The van der Waals surface area contributed by atoms with Gasteiger partial charge < -0.3 is 29.6 Å². The Labute approximate surface area is 545 Å². The maximum atomic E-state index is 14.0. The van der Waals surface area contributed by atoms with Gasteiger partial charge in [0.15, 0.2) is 13.2 Å². The Balaban J connectivity index is 1.27. The highest BCUT2D eigenvalue weighted by molar-refractivity contribution is 8.01. The molecule has 6 N–H and O–H groups in total. The van der Waals surface area contributed by atoms with E-state index in [1.807, 2.05) is 72.8 Å². The molecule has 9 rings (SSSR count). The smallest absolute Gasteiger partial charge is 0.337 e. The Hall–Kier alpha value is -8.16. The fraction of sp³-hybridized carbons (Fsp3) is 0.278. The average Bonchev–Trinajstić information content (AvgIpc) is 0.901. The predicted molar refractivity (Wildman–Crippen MR) is 363 cm³/mol. The van der Waals surface area contributed by atoms with E-state index in [0.717, 1.165) is 53.0 Å². The summed E-state index contributed by atoms with van der Waals surface area (Å²) in [5.74, 6) is 0.858. The van der Waals surface area contributed by atoms with Crippen molar-refractivity contribution in [2.24, 2.45) is 0 Å². The average molecular weight is 1280 g/mol. The van der Waals surface area contributed by atoms with Gasteiger partial charge in [0.05, 0.1) is 39.2 Å². The number of hydrogen-bond donors (Lipinski definition) is 6. The summed E-state index contributed by atoms with van der Waals surface area (Å²) in [7, 11) is 0. The van der Waals surface area contributed by atoms with Crippen molar-refractivity contribution in [1.82, 2.24) is 21.7 Å². The summed E-state index contributed by atoms with van der Waals surface area (Å²) in [6, 6.07) is 53.8. The molecule has 0 aromatic heterocycles. The minimum Gasteiger partial charge on any atom is -0.487 e. The molecule has 8 bridgehead atoms. The van der Waals surface area contributed by atoms with Crippen molar-refractivity contribution in [1.29, 1.82) is 0 Å². The van der Waals surface area contributed by atoms with E-state index in [9.17, 15) is 19.2 Å². The summed E-state index contributed by atoms with van der Waals surface area (Å²) in [6.07, 6.45) is 0. The van der Waals surface area contributed by atoms with Crippen LogP contribution in [0, 0.1) is 0 Å². The number of hydrazine groups is 2.